The number of benzene rings is 1. The number of aromatic amines is 2. The lowest BCUT2D eigenvalue weighted by molar-refractivity contribution is 0.396. The third-order valence-electron chi connectivity index (χ3n) is 4.59. The van der Waals surface area contributed by atoms with Crippen LogP contribution in [0.2, 0.25) is 0 Å². The zero-order valence-electron chi connectivity index (χ0n) is 13.7. The Kier molecular flexibility index (Phi) is 3.97. The van der Waals surface area contributed by atoms with Gasteiger partial charge >= 0.3 is 11.1 Å². The van der Waals surface area contributed by atoms with Gasteiger partial charge < -0.3 is 9.97 Å². The Morgan fingerprint density at radius 1 is 1.00 bits per heavy atom. The van der Waals surface area contributed by atoms with Crippen molar-refractivity contribution in [2.45, 2.75) is 23.8 Å². The monoisotopic (exact) mass is 372 g/mol. The fourth-order valence-electron chi connectivity index (χ4n) is 3.34. The maximum Gasteiger partial charge on any atom is 0.314 e. The number of sulfonamides is 1. The van der Waals surface area contributed by atoms with Gasteiger partial charge in [-0.2, -0.15) is 4.31 Å². The van der Waals surface area contributed by atoms with Crippen LogP contribution in [-0.4, -0.2) is 34.2 Å². The van der Waals surface area contributed by atoms with Gasteiger partial charge in [-0.1, -0.05) is 0 Å². The van der Waals surface area contributed by atoms with E-state index < -0.39 is 21.1 Å². The standard InChI is InChI=1S/C17H16N4O4S/c22-16-17(23)20-14-10-12(3-4-13(14)19-16)26(24,25)21-9-1-2-15(21)11-5-7-18-8-6-11/h3-8,10,15H,1-2,9H2,(H,19,22)(H,20,23)/t15-/m0/s1. The van der Waals surface area contributed by atoms with Gasteiger partial charge in [0.2, 0.25) is 10.0 Å². The van der Waals surface area contributed by atoms with E-state index in [2.05, 4.69) is 15.0 Å². The molecule has 1 aliphatic rings. The maximum atomic E-state index is 13.2. The van der Waals surface area contributed by atoms with Gasteiger partial charge in [0.25, 0.3) is 0 Å². The molecule has 4 rings (SSSR count). The topological polar surface area (TPSA) is 116 Å². The molecule has 2 N–H and O–H groups in total. The van der Waals surface area contributed by atoms with E-state index in [9.17, 15) is 18.0 Å². The summed E-state index contributed by atoms with van der Waals surface area (Å²) in [5.74, 6) is 0. The quantitative estimate of drug-likeness (QED) is 0.669. The summed E-state index contributed by atoms with van der Waals surface area (Å²) in [7, 11) is -3.75. The van der Waals surface area contributed by atoms with Crippen LogP contribution < -0.4 is 11.1 Å². The summed E-state index contributed by atoms with van der Waals surface area (Å²) < 4.78 is 27.8. The summed E-state index contributed by atoms with van der Waals surface area (Å²) >= 11 is 0. The first-order valence-electron chi connectivity index (χ1n) is 8.15. The van der Waals surface area contributed by atoms with Gasteiger partial charge in [-0.15, -0.1) is 0 Å². The molecule has 9 heteroatoms. The van der Waals surface area contributed by atoms with Gasteiger partial charge in [0.1, 0.15) is 0 Å². The first-order chi connectivity index (χ1) is 12.5. The van der Waals surface area contributed by atoms with Gasteiger partial charge in [-0.3, -0.25) is 14.6 Å². The molecule has 8 nitrogen and oxygen atoms in total. The molecule has 1 aliphatic heterocycles. The first-order valence-corrected chi connectivity index (χ1v) is 9.59. The molecule has 26 heavy (non-hydrogen) atoms. The molecule has 3 heterocycles. The van der Waals surface area contributed by atoms with Gasteiger partial charge in [0, 0.05) is 18.9 Å². The number of hydrogen-bond donors (Lipinski definition) is 2. The number of hydrogen-bond acceptors (Lipinski definition) is 5. The van der Waals surface area contributed by atoms with Crippen molar-refractivity contribution in [1.82, 2.24) is 19.3 Å². The summed E-state index contributed by atoms with van der Waals surface area (Å²) in [6, 6.07) is 7.70. The molecule has 0 bridgehead atoms. The fraction of sp³-hybridized carbons (Fsp3) is 0.235. The molecule has 0 radical (unpaired) electrons. The first kappa shape index (κ1) is 16.7. The van der Waals surface area contributed by atoms with E-state index in [1.807, 2.05) is 12.1 Å². The van der Waals surface area contributed by atoms with Crippen molar-refractivity contribution in [1.29, 1.82) is 0 Å². The number of H-pyrrole nitrogens is 2. The van der Waals surface area contributed by atoms with Crippen LogP contribution in [0.1, 0.15) is 24.4 Å². The van der Waals surface area contributed by atoms with Crippen molar-refractivity contribution in [2.75, 3.05) is 6.54 Å². The van der Waals surface area contributed by atoms with Crippen LogP contribution in [0.3, 0.4) is 0 Å². The lowest BCUT2D eigenvalue weighted by Gasteiger charge is -2.24. The van der Waals surface area contributed by atoms with E-state index in [0.717, 1.165) is 18.4 Å². The highest BCUT2D eigenvalue weighted by atomic mass is 32.2. The van der Waals surface area contributed by atoms with Crippen LogP contribution in [0.15, 0.2) is 57.2 Å². The summed E-state index contributed by atoms with van der Waals surface area (Å²) in [5.41, 5.74) is -0.0381. The smallest absolute Gasteiger partial charge is 0.314 e. The van der Waals surface area contributed by atoms with Crippen molar-refractivity contribution in [2.24, 2.45) is 0 Å². The SMILES string of the molecule is O=c1[nH]c2ccc(S(=O)(=O)N3CCC[C@H]3c3ccncc3)cc2[nH]c1=O. The number of nitrogens with zero attached hydrogens (tertiary/aromatic N) is 2. The lowest BCUT2D eigenvalue weighted by Crippen LogP contribution is -2.31. The van der Waals surface area contributed by atoms with Gasteiger partial charge in [0.15, 0.2) is 0 Å². The van der Waals surface area contributed by atoms with Crippen molar-refractivity contribution >= 4 is 21.1 Å². The Labute approximate surface area is 148 Å². The number of fused-ring (bicyclic) bond motifs is 1. The molecule has 0 amide bonds. The predicted octanol–water partition coefficient (Wildman–Crippen LogP) is 1.14. The molecular weight excluding hydrogens is 356 g/mol. The van der Waals surface area contributed by atoms with Crippen LogP contribution in [-0.2, 0) is 10.0 Å². The largest absolute Gasteiger partial charge is 0.316 e. The van der Waals surface area contributed by atoms with E-state index >= 15 is 0 Å². The molecule has 1 atom stereocenters. The van der Waals surface area contributed by atoms with E-state index in [4.69, 9.17) is 0 Å². The Bertz CT molecular complexity index is 1180. The van der Waals surface area contributed by atoms with Crippen molar-refractivity contribution in [3.63, 3.8) is 0 Å². The summed E-state index contributed by atoms with van der Waals surface area (Å²) in [6.45, 7) is 0.426. The molecular formula is C17H16N4O4S. The number of nitrogens with one attached hydrogen (secondary N) is 2. The zero-order chi connectivity index (χ0) is 18.3. The van der Waals surface area contributed by atoms with E-state index in [1.54, 1.807) is 12.4 Å². The molecule has 3 aromatic rings. The third kappa shape index (κ3) is 2.74. The average Bonchev–Trinajstić information content (AvgIpc) is 3.14. The van der Waals surface area contributed by atoms with Crippen LogP contribution in [0.25, 0.3) is 11.0 Å². The molecule has 2 aromatic heterocycles. The summed E-state index contributed by atoms with van der Waals surface area (Å²) in [4.78, 5) is 31.8. The van der Waals surface area contributed by atoms with E-state index in [1.165, 1.54) is 22.5 Å². The second-order valence-electron chi connectivity index (χ2n) is 6.17. The minimum Gasteiger partial charge on any atom is -0.316 e. The molecule has 1 fully saturated rings. The highest BCUT2D eigenvalue weighted by Gasteiger charge is 2.36. The van der Waals surface area contributed by atoms with Crippen LogP contribution >= 0.6 is 0 Å². The average molecular weight is 372 g/mol. The molecule has 0 spiro atoms. The summed E-state index contributed by atoms with van der Waals surface area (Å²) in [6.07, 6.45) is 4.80. The Balaban J connectivity index is 1.78. The molecule has 0 unspecified atom stereocenters. The van der Waals surface area contributed by atoms with Crippen LogP contribution in [0, 0.1) is 0 Å². The van der Waals surface area contributed by atoms with Crippen molar-refractivity contribution in [3.05, 3.63) is 69.0 Å². The third-order valence-corrected chi connectivity index (χ3v) is 6.50. The minimum absolute atomic E-state index is 0.0775. The zero-order valence-corrected chi connectivity index (χ0v) is 14.5. The lowest BCUT2D eigenvalue weighted by atomic mass is 10.1. The van der Waals surface area contributed by atoms with Crippen LogP contribution in [0.4, 0.5) is 0 Å². The highest BCUT2D eigenvalue weighted by molar-refractivity contribution is 7.89. The summed E-state index contributed by atoms with van der Waals surface area (Å²) in [5, 5.41) is 0. The highest BCUT2D eigenvalue weighted by Crippen LogP contribution is 2.36. The molecule has 134 valence electrons. The Morgan fingerprint density at radius 2 is 1.69 bits per heavy atom. The minimum atomic E-state index is -3.75. The molecule has 1 saturated heterocycles. The van der Waals surface area contributed by atoms with Crippen molar-refractivity contribution < 1.29 is 8.42 Å². The second-order valence-corrected chi connectivity index (χ2v) is 8.06. The maximum absolute atomic E-state index is 13.2. The van der Waals surface area contributed by atoms with E-state index in [-0.39, 0.29) is 16.5 Å². The van der Waals surface area contributed by atoms with Gasteiger partial charge in [0.05, 0.1) is 22.0 Å². The number of aromatic nitrogens is 3. The van der Waals surface area contributed by atoms with Gasteiger partial charge in [-0.25, -0.2) is 8.42 Å². The van der Waals surface area contributed by atoms with E-state index in [0.29, 0.717) is 12.1 Å². The fourth-order valence-corrected chi connectivity index (χ4v) is 5.05. The Morgan fingerprint density at radius 3 is 2.42 bits per heavy atom. The van der Waals surface area contributed by atoms with Gasteiger partial charge in [-0.05, 0) is 48.7 Å². The second kappa shape index (κ2) is 6.19. The number of pyridine rings is 1. The normalized spacial score (nSPS) is 18.4. The molecule has 0 saturated carbocycles. The molecule has 0 aliphatic carbocycles. The molecule has 1 aromatic carbocycles. The number of rotatable bonds is 3. The Hall–Kier alpha value is -2.78. The predicted molar refractivity (Wildman–Crippen MR) is 95.3 cm³/mol. The van der Waals surface area contributed by atoms with Crippen LogP contribution in [0.5, 0.6) is 0 Å². The van der Waals surface area contributed by atoms with Crippen molar-refractivity contribution in [3.8, 4) is 0 Å².